The molecule has 3 heterocycles. The summed E-state index contributed by atoms with van der Waals surface area (Å²) in [4.78, 5) is 17.9. The van der Waals surface area contributed by atoms with Crippen molar-refractivity contribution in [3.8, 4) is 0 Å². The zero-order valence-electron chi connectivity index (χ0n) is 13.7. The summed E-state index contributed by atoms with van der Waals surface area (Å²) >= 11 is 0. The van der Waals surface area contributed by atoms with Gasteiger partial charge in [0.15, 0.2) is 0 Å². The van der Waals surface area contributed by atoms with Crippen LogP contribution in [0.5, 0.6) is 0 Å². The van der Waals surface area contributed by atoms with Crippen LogP contribution in [0.1, 0.15) is 16.7 Å². The van der Waals surface area contributed by atoms with Crippen molar-refractivity contribution in [2.24, 2.45) is 0 Å². The molecule has 0 spiro atoms. The number of hydrogen-bond acceptors (Lipinski definition) is 2. The number of fused-ring (bicyclic) bond motifs is 5. The molecule has 1 aliphatic rings. The second kappa shape index (κ2) is 4.83. The number of nitrogens with one attached hydrogen (secondary N) is 2. The smallest absolute Gasteiger partial charge is 0.257 e. The van der Waals surface area contributed by atoms with Crippen molar-refractivity contribution in [1.82, 2.24) is 9.38 Å². The largest absolute Gasteiger partial charge is 0.339 e. The Kier molecular flexibility index (Phi) is 2.71. The number of nitrogens with zero attached hydrogens (tertiary/aromatic N) is 2. The summed E-state index contributed by atoms with van der Waals surface area (Å²) in [5.74, 6) is 0.419. The normalized spacial score (nSPS) is 13.8. The first-order valence-electron chi connectivity index (χ1n) is 8.22. The van der Waals surface area contributed by atoms with Gasteiger partial charge in [-0.3, -0.25) is 14.6 Å². The summed E-state index contributed by atoms with van der Waals surface area (Å²) in [5.41, 5.74) is 6.21. The van der Waals surface area contributed by atoms with Crippen LogP contribution < -0.4 is 10.5 Å². The first-order chi connectivity index (χ1) is 12.1. The molecule has 0 fully saturated rings. The van der Waals surface area contributed by atoms with Gasteiger partial charge in [-0.1, -0.05) is 29.8 Å². The molecule has 5 rings (SSSR count). The van der Waals surface area contributed by atoms with Crippen molar-refractivity contribution >= 4 is 28.2 Å². The van der Waals surface area contributed by atoms with Crippen LogP contribution in [0, 0.1) is 12.3 Å². The Morgan fingerprint density at radius 2 is 1.84 bits per heavy atom. The lowest BCUT2D eigenvalue weighted by Gasteiger charge is -2.18. The maximum atomic E-state index is 12.7. The number of H-pyrrole nitrogens is 1. The molecule has 0 aliphatic carbocycles. The minimum Gasteiger partial charge on any atom is -0.339 e. The molecule has 0 saturated carbocycles. The van der Waals surface area contributed by atoms with Crippen LogP contribution >= 0.6 is 0 Å². The van der Waals surface area contributed by atoms with Gasteiger partial charge in [0.25, 0.3) is 5.56 Å². The molecule has 1 aliphatic heterocycles. The van der Waals surface area contributed by atoms with Gasteiger partial charge < -0.3 is 9.88 Å². The molecule has 25 heavy (non-hydrogen) atoms. The van der Waals surface area contributed by atoms with Gasteiger partial charge in [-0.25, -0.2) is 0 Å². The van der Waals surface area contributed by atoms with Crippen molar-refractivity contribution in [1.29, 1.82) is 5.41 Å². The van der Waals surface area contributed by atoms with E-state index >= 15 is 0 Å². The highest BCUT2D eigenvalue weighted by Gasteiger charge is 2.29. The molecule has 4 aromatic rings. The zero-order chi connectivity index (χ0) is 17.1. The number of hydrogen-bond donors (Lipinski definition) is 2. The van der Waals surface area contributed by atoms with Crippen molar-refractivity contribution in [3.63, 3.8) is 0 Å². The van der Waals surface area contributed by atoms with E-state index in [-0.39, 0.29) is 5.56 Å². The van der Waals surface area contributed by atoms with Crippen molar-refractivity contribution in [2.45, 2.75) is 13.5 Å². The van der Waals surface area contributed by atoms with Gasteiger partial charge in [-0.15, -0.1) is 0 Å². The highest BCUT2D eigenvalue weighted by Crippen LogP contribution is 2.31. The van der Waals surface area contributed by atoms with E-state index in [9.17, 15) is 4.79 Å². The van der Waals surface area contributed by atoms with E-state index < -0.39 is 0 Å². The van der Waals surface area contributed by atoms with Crippen molar-refractivity contribution < 1.29 is 0 Å². The molecule has 0 atom stereocenters. The Balaban J connectivity index is 1.76. The SMILES string of the molecule is Cc1ccc(N2Cc3cc(=O)n4c([nH]c5ccccc54)c3C2=N)cc1. The maximum Gasteiger partial charge on any atom is 0.257 e. The Bertz CT molecular complexity index is 1210. The topological polar surface area (TPSA) is 64.4 Å². The number of para-hydroxylation sites is 2. The molecule has 0 bridgehead atoms. The van der Waals surface area contributed by atoms with Crippen LogP contribution in [-0.4, -0.2) is 15.2 Å². The minimum absolute atomic E-state index is 0.0650. The summed E-state index contributed by atoms with van der Waals surface area (Å²) in [5, 5.41) is 8.70. The van der Waals surface area contributed by atoms with Gasteiger partial charge >= 0.3 is 0 Å². The minimum atomic E-state index is -0.0650. The van der Waals surface area contributed by atoms with Crippen LogP contribution in [0.2, 0.25) is 0 Å². The number of benzene rings is 2. The molecule has 0 amide bonds. The number of rotatable bonds is 1. The van der Waals surface area contributed by atoms with E-state index in [1.54, 1.807) is 10.5 Å². The summed E-state index contributed by atoms with van der Waals surface area (Å²) < 4.78 is 1.67. The molecule has 2 N–H and O–H groups in total. The molecule has 5 nitrogen and oxygen atoms in total. The van der Waals surface area contributed by atoms with Crippen LogP contribution in [0.15, 0.2) is 59.4 Å². The lowest BCUT2D eigenvalue weighted by molar-refractivity contribution is 1.03. The van der Waals surface area contributed by atoms with E-state index in [2.05, 4.69) is 4.98 Å². The third kappa shape index (κ3) is 1.89. The van der Waals surface area contributed by atoms with E-state index in [1.807, 2.05) is 60.4 Å². The predicted octanol–water partition coefficient (Wildman–Crippen LogP) is 3.43. The quantitative estimate of drug-likeness (QED) is 0.562. The fourth-order valence-electron chi connectivity index (χ4n) is 3.64. The molecular formula is C20H16N4O. The average molecular weight is 328 g/mol. The van der Waals surface area contributed by atoms with Gasteiger partial charge in [-0.05, 0) is 36.8 Å². The third-order valence-corrected chi connectivity index (χ3v) is 4.88. The molecule has 0 unspecified atom stereocenters. The molecular weight excluding hydrogens is 312 g/mol. The monoisotopic (exact) mass is 328 g/mol. The van der Waals surface area contributed by atoms with Crippen LogP contribution in [-0.2, 0) is 6.54 Å². The summed E-state index contributed by atoms with van der Waals surface area (Å²) in [7, 11) is 0. The number of aromatic amines is 1. The number of aryl methyl sites for hydroxylation is 1. The molecule has 122 valence electrons. The van der Waals surface area contributed by atoms with Crippen molar-refractivity contribution in [2.75, 3.05) is 4.90 Å². The molecule has 5 heteroatoms. The first-order valence-corrected chi connectivity index (χ1v) is 8.22. The second-order valence-electron chi connectivity index (χ2n) is 6.48. The molecule has 0 radical (unpaired) electrons. The Morgan fingerprint density at radius 1 is 1.08 bits per heavy atom. The summed E-state index contributed by atoms with van der Waals surface area (Å²) in [6.07, 6.45) is 0. The van der Waals surface area contributed by atoms with E-state index in [0.717, 1.165) is 27.8 Å². The highest BCUT2D eigenvalue weighted by atomic mass is 16.1. The summed E-state index contributed by atoms with van der Waals surface area (Å²) in [6.45, 7) is 2.58. The summed E-state index contributed by atoms with van der Waals surface area (Å²) in [6, 6.07) is 17.5. The van der Waals surface area contributed by atoms with Crippen LogP contribution in [0.4, 0.5) is 5.69 Å². The highest BCUT2D eigenvalue weighted by molar-refractivity contribution is 6.15. The van der Waals surface area contributed by atoms with E-state index in [0.29, 0.717) is 18.0 Å². The Morgan fingerprint density at radius 3 is 2.64 bits per heavy atom. The average Bonchev–Trinajstić information content (AvgIpc) is 3.14. The standard InChI is InChI=1S/C20H16N4O/c1-12-6-8-14(9-7-12)23-11-13-10-17(25)24-16-5-3-2-4-15(16)22-20(24)18(13)19(23)21/h2-10,21-22H,11H2,1H3. The fraction of sp³-hybridized carbons (Fsp3) is 0.100. The van der Waals surface area contributed by atoms with Gasteiger partial charge in [-0.2, -0.15) is 0 Å². The van der Waals surface area contributed by atoms with Gasteiger partial charge in [0.05, 0.1) is 23.1 Å². The lowest BCUT2D eigenvalue weighted by atomic mass is 10.1. The number of aromatic nitrogens is 2. The molecule has 2 aromatic heterocycles. The zero-order valence-corrected chi connectivity index (χ0v) is 13.7. The second-order valence-corrected chi connectivity index (χ2v) is 6.48. The molecule has 0 saturated heterocycles. The Hall–Kier alpha value is -3.34. The number of pyridine rings is 1. The third-order valence-electron chi connectivity index (χ3n) is 4.88. The van der Waals surface area contributed by atoms with Gasteiger partial charge in [0.1, 0.15) is 11.5 Å². The lowest BCUT2D eigenvalue weighted by Crippen LogP contribution is -2.23. The maximum absolute atomic E-state index is 12.7. The van der Waals surface area contributed by atoms with Gasteiger partial charge in [0.2, 0.25) is 0 Å². The first kappa shape index (κ1) is 14.0. The fourth-order valence-corrected chi connectivity index (χ4v) is 3.64. The van der Waals surface area contributed by atoms with Crippen LogP contribution in [0.25, 0.3) is 16.7 Å². The number of amidine groups is 1. The van der Waals surface area contributed by atoms with Crippen LogP contribution in [0.3, 0.4) is 0 Å². The number of anilines is 1. The Labute approximate surface area is 143 Å². The van der Waals surface area contributed by atoms with E-state index in [1.165, 1.54) is 5.56 Å². The predicted molar refractivity (Wildman–Crippen MR) is 99.7 cm³/mol. The van der Waals surface area contributed by atoms with E-state index in [4.69, 9.17) is 5.41 Å². The molecule has 2 aromatic carbocycles. The van der Waals surface area contributed by atoms with Gasteiger partial charge in [0, 0.05) is 11.8 Å². The number of imidazole rings is 1. The van der Waals surface area contributed by atoms with Crippen molar-refractivity contribution in [3.05, 3.63) is 81.6 Å².